The second-order valence-corrected chi connectivity index (χ2v) is 2.52. The van der Waals surface area contributed by atoms with E-state index < -0.39 is 0 Å². The van der Waals surface area contributed by atoms with Gasteiger partial charge < -0.3 is 0 Å². The first kappa shape index (κ1) is 9.22. The summed E-state index contributed by atoms with van der Waals surface area (Å²) in [7, 11) is 0. The van der Waals surface area contributed by atoms with Gasteiger partial charge >= 0.3 is 0 Å². The average molecular weight is 136 g/mol. The molecule has 1 aliphatic rings. The normalized spacial score (nSPS) is 22.6. The number of hydrogen-bond donors (Lipinski definition) is 0. The van der Waals surface area contributed by atoms with E-state index in [1.54, 1.807) is 0 Å². The fourth-order valence-corrected chi connectivity index (χ4v) is 0.834. The number of hydrogen-bond acceptors (Lipinski definition) is 0. The molecule has 0 radical (unpaired) electrons. The molecule has 0 bridgehead atoms. The van der Waals surface area contributed by atoms with Crippen LogP contribution in [0.1, 0.15) is 20.3 Å². The predicted octanol–water partition coefficient (Wildman–Crippen LogP) is 3.33. The van der Waals surface area contributed by atoms with Crippen LogP contribution in [0.5, 0.6) is 0 Å². The van der Waals surface area contributed by atoms with E-state index in [9.17, 15) is 0 Å². The van der Waals surface area contributed by atoms with Crippen molar-refractivity contribution in [1.82, 2.24) is 0 Å². The summed E-state index contributed by atoms with van der Waals surface area (Å²) in [5, 5.41) is 0. The zero-order valence-corrected chi connectivity index (χ0v) is 6.93. The molecule has 0 aromatic rings. The summed E-state index contributed by atoms with van der Waals surface area (Å²) in [6, 6.07) is 0. The molecule has 1 atom stereocenters. The first-order valence-corrected chi connectivity index (χ1v) is 3.64. The van der Waals surface area contributed by atoms with E-state index in [4.69, 9.17) is 0 Å². The van der Waals surface area contributed by atoms with Crippen molar-refractivity contribution >= 4 is 0 Å². The van der Waals surface area contributed by atoms with Crippen molar-refractivity contribution in [3.05, 3.63) is 37.0 Å². The highest BCUT2D eigenvalue weighted by atomic mass is 14.0. The molecule has 0 aromatic heterocycles. The third-order valence-electron chi connectivity index (χ3n) is 1.50. The van der Waals surface area contributed by atoms with Gasteiger partial charge in [-0.3, -0.25) is 0 Å². The fourth-order valence-electron chi connectivity index (χ4n) is 0.834. The van der Waals surface area contributed by atoms with Crippen LogP contribution in [-0.4, -0.2) is 0 Å². The largest absolute Gasteiger partial charge is 0.106 e. The molecule has 0 nitrogen and oxygen atoms in total. The van der Waals surface area contributed by atoms with Gasteiger partial charge in [-0.25, -0.2) is 0 Å². The smallest absolute Gasteiger partial charge is 0.0224 e. The molecular weight excluding hydrogens is 120 g/mol. The van der Waals surface area contributed by atoms with E-state index in [1.165, 1.54) is 12.0 Å². The molecule has 0 spiro atoms. The van der Waals surface area contributed by atoms with E-state index in [2.05, 4.69) is 45.2 Å². The van der Waals surface area contributed by atoms with Gasteiger partial charge in [0.05, 0.1) is 0 Å². The molecule has 0 fully saturated rings. The Kier molecular flexibility index (Phi) is 4.65. The van der Waals surface area contributed by atoms with Gasteiger partial charge in [-0.15, -0.1) is 13.2 Å². The Balaban J connectivity index is 0.000000371. The minimum Gasteiger partial charge on any atom is -0.106 e. The van der Waals surface area contributed by atoms with Crippen molar-refractivity contribution in [3.63, 3.8) is 0 Å². The molecule has 0 saturated heterocycles. The van der Waals surface area contributed by atoms with Crippen molar-refractivity contribution in [2.24, 2.45) is 5.92 Å². The van der Waals surface area contributed by atoms with Crippen molar-refractivity contribution in [1.29, 1.82) is 0 Å². The van der Waals surface area contributed by atoms with Gasteiger partial charge in [0, 0.05) is 0 Å². The van der Waals surface area contributed by atoms with Crippen LogP contribution in [-0.2, 0) is 0 Å². The van der Waals surface area contributed by atoms with E-state index in [-0.39, 0.29) is 0 Å². The maximum absolute atomic E-state index is 3.00. The quantitative estimate of drug-likeness (QED) is 0.448. The van der Waals surface area contributed by atoms with Gasteiger partial charge in [0.25, 0.3) is 0 Å². The number of rotatable bonds is 0. The molecule has 1 aliphatic carbocycles. The van der Waals surface area contributed by atoms with Crippen molar-refractivity contribution in [3.8, 4) is 0 Å². The molecule has 0 heterocycles. The Bertz CT molecular complexity index is 140. The van der Waals surface area contributed by atoms with Gasteiger partial charge in [0.15, 0.2) is 0 Å². The minimum atomic E-state index is 0.763. The first-order valence-electron chi connectivity index (χ1n) is 3.64. The molecular formula is C10H16. The number of allylic oxidation sites excluding steroid dienone is 4. The summed E-state index contributed by atoms with van der Waals surface area (Å²) in [6.45, 7) is 10.4. The Hall–Kier alpha value is -0.780. The van der Waals surface area contributed by atoms with Crippen LogP contribution in [0.3, 0.4) is 0 Å². The highest BCUT2D eigenvalue weighted by Crippen LogP contribution is 2.13. The Morgan fingerprint density at radius 3 is 2.40 bits per heavy atom. The lowest BCUT2D eigenvalue weighted by Crippen LogP contribution is -1.91. The first-order chi connectivity index (χ1) is 4.79. The van der Waals surface area contributed by atoms with Crippen LogP contribution in [0.4, 0.5) is 0 Å². The van der Waals surface area contributed by atoms with E-state index >= 15 is 0 Å². The van der Waals surface area contributed by atoms with Crippen molar-refractivity contribution < 1.29 is 0 Å². The average Bonchev–Trinajstić information content (AvgIpc) is 2.00. The maximum atomic E-state index is 3.00. The van der Waals surface area contributed by atoms with Crippen LogP contribution in [0.25, 0.3) is 0 Å². The molecule has 0 aromatic carbocycles. The summed E-state index contributed by atoms with van der Waals surface area (Å²) in [5.74, 6) is 0.763. The van der Waals surface area contributed by atoms with Crippen LogP contribution in [0.15, 0.2) is 37.0 Å². The molecule has 1 rings (SSSR count). The van der Waals surface area contributed by atoms with Gasteiger partial charge in [-0.05, 0) is 19.3 Å². The standard InChI is InChI=1S/C8H12.C2H4/c1-7-3-5-8(2)6-4-7;1-2/h3-5,8H,6H2,1-2H3;1-2H2. The van der Waals surface area contributed by atoms with Crippen molar-refractivity contribution in [2.75, 3.05) is 0 Å². The predicted molar refractivity (Wildman–Crippen MR) is 47.9 cm³/mol. The van der Waals surface area contributed by atoms with E-state index in [1.807, 2.05) is 0 Å². The van der Waals surface area contributed by atoms with Crippen molar-refractivity contribution in [2.45, 2.75) is 20.3 Å². The summed E-state index contributed by atoms with van der Waals surface area (Å²) < 4.78 is 0. The maximum Gasteiger partial charge on any atom is -0.0224 e. The van der Waals surface area contributed by atoms with E-state index in [0.717, 1.165) is 5.92 Å². The molecule has 0 aliphatic heterocycles. The summed E-state index contributed by atoms with van der Waals surface area (Å²) >= 11 is 0. The zero-order chi connectivity index (χ0) is 7.98. The molecule has 56 valence electrons. The Morgan fingerprint density at radius 2 is 2.10 bits per heavy atom. The Labute approximate surface area is 64.0 Å². The Morgan fingerprint density at radius 1 is 1.50 bits per heavy atom. The van der Waals surface area contributed by atoms with Gasteiger partial charge in [0.2, 0.25) is 0 Å². The third kappa shape index (κ3) is 3.29. The summed E-state index contributed by atoms with van der Waals surface area (Å²) in [4.78, 5) is 0. The monoisotopic (exact) mass is 136 g/mol. The zero-order valence-electron chi connectivity index (χ0n) is 6.93. The van der Waals surface area contributed by atoms with Crippen LogP contribution < -0.4 is 0 Å². The lowest BCUT2D eigenvalue weighted by molar-refractivity contribution is 0.731. The molecule has 0 saturated carbocycles. The van der Waals surface area contributed by atoms with Crippen LogP contribution in [0, 0.1) is 5.92 Å². The van der Waals surface area contributed by atoms with Crippen LogP contribution in [0.2, 0.25) is 0 Å². The SMILES string of the molecule is C=C.CC1=CCC(C)C=C1. The fraction of sp³-hybridized carbons (Fsp3) is 0.400. The molecule has 10 heavy (non-hydrogen) atoms. The molecule has 1 unspecified atom stereocenters. The minimum absolute atomic E-state index is 0.763. The molecule has 0 amide bonds. The molecule has 0 N–H and O–H groups in total. The lowest BCUT2D eigenvalue weighted by atomic mass is 10.00. The second kappa shape index (κ2) is 5.04. The summed E-state index contributed by atoms with van der Waals surface area (Å²) in [5.41, 5.74) is 1.41. The van der Waals surface area contributed by atoms with Gasteiger partial charge in [-0.1, -0.05) is 30.7 Å². The second-order valence-electron chi connectivity index (χ2n) is 2.52. The van der Waals surface area contributed by atoms with E-state index in [0.29, 0.717) is 0 Å². The third-order valence-corrected chi connectivity index (χ3v) is 1.50. The van der Waals surface area contributed by atoms with Crippen LogP contribution >= 0.6 is 0 Å². The van der Waals surface area contributed by atoms with Gasteiger partial charge in [-0.2, -0.15) is 0 Å². The lowest BCUT2D eigenvalue weighted by Gasteiger charge is -2.06. The topological polar surface area (TPSA) is 0 Å². The highest BCUT2D eigenvalue weighted by Gasteiger charge is 1.97. The summed E-state index contributed by atoms with van der Waals surface area (Å²) in [6.07, 6.45) is 7.95. The van der Waals surface area contributed by atoms with Gasteiger partial charge in [0.1, 0.15) is 0 Å². The highest BCUT2D eigenvalue weighted by molar-refractivity contribution is 5.20. The molecule has 0 heteroatoms.